The summed E-state index contributed by atoms with van der Waals surface area (Å²) >= 11 is 0. The second-order valence-electron chi connectivity index (χ2n) is 3.04. The summed E-state index contributed by atoms with van der Waals surface area (Å²) in [5.74, 6) is 0.0300. The lowest BCUT2D eigenvalue weighted by Gasteiger charge is -2.03. The quantitative estimate of drug-likeness (QED) is 0.682. The molecule has 0 spiro atoms. The van der Waals surface area contributed by atoms with Gasteiger partial charge < -0.3 is 15.2 Å². The third-order valence-corrected chi connectivity index (χ3v) is 1.84. The molecule has 2 rings (SSSR count). The molecule has 5 heteroatoms. The van der Waals surface area contributed by atoms with Crippen molar-refractivity contribution in [1.82, 2.24) is 4.98 Å². The third-order valence-electron chi connectivity index (χ3n) is 1.84. The van der Waals surface area contributed by atoms with Crippen molar-refractivity contribution in [3.05, 3.63) is 24.0 Å². The minimum Gasteiger partial charge on any atom is -0.489 e. The molecule has 2 heterocycles. The maximum absolute atomic E-state index is 10.8. The summed E-state index contributed by atoms with van der Waals surface area (Å²) < 4.78 is 10.3. The van der Waals surface area contributed by atoms with Gasteiger partial charge in [-0.1, -0.05) is 0 Å². The number of aromatic nitrogens is 1. The first-order chi connectivity index (χ1) is 6.75. The van der Waals surface area contributed by atoms with Crippen molar-refractivity contribution in [3.63, 3.8) is 0 Å². The minimum atomic E-state index is -0.509. The first kappa shape index (κ1) is 8.96. The fourth-order valence-corrected chi connectivity index (χ4v) is 0.986. The number of amides is 1. The van der Waals surface area contributed by atoms with E-state index in [4.69, 9.17) is 15.2 Å². The van der Waals surface area contributed by atoms with Crippen LogP contribution in [0.1, 0.15) is 10.4 Å². The van der Waals surface area contributed by atoms with Crippen LogP contribution in [0.4, 0.5) is 0 Å². The summed E-state index contributed by atoms with van der Waals surface area (Å²) in [6.45, 7) is 1.23. The lowest BCUT2D eigenvalue weighted by molar-refractivity contribution is 0.0999. The molecule has 1 aromatic heterocycles. The van der Waals surface area contributed by atoms with Crippen LogP contribution >= 0.6 is 0 Å². The molecule has 74 valence electrons. The topological polar surface area (TPSA) is 77.7 Å². The number of nitrogens with two attached hydrogens (primary N) is 1. The van der Waals surface area contributed by atoms with Gasteiger partial charge in [-0.3, -0.25) is 9.78 Å². The molecule has 1 fully saturated rings. The van der Waals surface area contributed by atoms with Crippen molar-refractivity contribution >= 4 is 5.91 Å². The minimum absolute atomic E-state index is 0.187. The molecule has 1 amide bonds. The predicted octanol–water partition coefficient (Wildman–Crippen LogP) is -0.0419. The van der Waals surface area contributed by atoms with E-state index in [2.05, 4.69) is 4.98 Å². The van der Waals surface area contributed by atoms with Crippen LogP contribution < -0.4 is 10.5 Å². The zero-order chi connectivity index (χ0) is 9.97. The van der Waals surface area contributed by atoms with Gasteiger partial charge in [-0.15, -0.1) is 0 Å². The second kappa shape index (κ2) is 3.63. The molecule has 5 nitrogen and oxygen atoms in total. The van der Waals surface area contributed by atoms with E-state index in [1.54, 1.807) is 6.07 Å². The molecular formula is C9H10N2O3. The lowest BCUT2D eigenvalue weighted by atomic mass is 10.3. The van der Waals surface area contributed by atoms with E-state index in [0.717, 1.165) is 6.61 Å². The number of epoxide rings is 1. The molecule has 1 aliphatic heterocycles. The molecule has 1 saturated heterocycles. The molecule has 0 aromatic carbocycles. The van der Waals surface area contributed by atoms with Gasteiger partial charge in [-0.25, -0.2) is 0 Å². The van der Waals surface area contributed by atoms with Gasteiger partial charge >= 0.3 is 0 Å². The first-order valence-electron chi connectivity index (χ1n) is 4.25. The van der Waals surface area contributed by atoms with Crippen LogP contribution in [0.15, 0.2) is 18.5 Å². The molecule has 14 heavy (non-hydrogen) atoms. The highest BCUT2D eigenvalue weighted by Crippen LogP contribution is 2.14. The second-order valence-corrected chi connectivity index (χ2v) is 3.04. The third kappa shape index (κ3) is 2.20. The average molecular weight is 194 g/mol. The number of ether oxygens (including phenoxy) is 2. The van der Waals surface area contributed by atoms with Crippen molar-refractivity contribution in [3.8, 4) is 5.75 Å². The number of hydrogen-bond donors (Lipinski definition) is 1. The van der Waals surface area contributed by atoms with Crippen LogP contribution in [-0.2, 0) is 4.74 Å². The summed E-state index contributed by atoms with van der Waals surface area (Å²) in [5.41, 5.74) is 5.44. The Balaban J connectivity index is 2.01. The Morgan fingerprint density at radius 2 is 2.50 bits per heavy atom. The summed E-state index contributed by atoms with van der Waals surface area (Å²) in [5, 5.41) is 0. The summed E-state index contributed by atoms with van der Waals surface area (Å²) in [4.78, 5) is 14.6. The number of primary amides is 1. The summed E-state index contributed by atoms with van der Waals surface area (Å²) in [6.07, 6.45) is 3.13. The van der Waals surface area contributed by atoms with Gasteiger partial charge in [0.1, 0.15) is 18.5 Å². The fraction of sp³-hybridized carbons (Fsp3) is 0.333. The zero-order valence-electron chi connectivity index (χ0n) is 7.47. The van der Waals surface area contributed by atoms with Gasteiger partial charge in [0.05, 0.1) is 18.4 Å². The highest BCUT2D eigenvalue weighted by Gasteiger charge is 2.23. The van der Waals surface area contributed by atoms with Crippen molar-refractivity contribution < 1.29 is 14.3 Å². The molecule has 1 aliphatic rings. The van der Waals surface area contributed by atoms with Gasteiger partial charge in [0.25, 0.3) is 0 Å². The van der Waals surface area contributed by atoms with Crippen molar-refractivity contribution in [1.29, 1.82) is 0 Å². The van der Waals surface area contributed by atoms with Crippen LogP contribution in [0.25, 0.3) is 0 Å². The van der Waals surface area contributed by atoms with Gasteiger partial charge in [-0.2, -0.15) is 0 Å². The van der Waals surface area contributed by atoms with E-state index in [1.165, 1.54) is 12.4 Å². The maximum Gasteiger partial charge on any atom is 0.250 e. The highest BCUT2D eigenvalue weighted by molar-refractivity contribution is 5.92. The van der Waals surface area contributed by atoms with Crippen molar-refractivity contribution in [2.24, 2.45) is 5.73 Å². The maximum atomic E-state index is 10.8. The smallest absolute Gasteiger partial charge is 0.250 e. The van der Waals surface area contributed by atoms with E-state index < -0.39 is 5.91 Å². The van der Waals surface area contributed by atoms with Crippen LogP contribution in [0.5, 0.6) is 5.75 Å². The Morgan fingerprint density at radius 1 is 1.71 bits per heavy atom. The van der Waals surface area contributed by atoms with E-state index in [-0.39, 0.29) is 6.10 Å². The number of carbonyl (C=O) groups excluding carboxylic acids is 1. The Bertz CT molecular complexity index is 350. The molecule has 0 bridgehead atoms. The van der Waals surface area contributed by atoms with E-state index >= 15 is 0 Å². The van der Waals surface area contributed by atoms with E-state index in [0.29, 0.717) is 17.9 Å². The van der Waals surface area contributed by atoms with Crippen LogP contribution in [0, 0.1) is 0 Å². The standard InChI is InChI=1S/C9H10N2O3/c10-9(12)6-1-7(3-11-2-6)13-4-8-5-14-8/h1-3,8H,4-5H2,(H2,10,12). The van der Waals surface area contributed by atoms with Crippen molar-refractivity contribution in [2.45, 2.75) is 6.10 Å². The number of nitrogens with zero attached hydrogens (tertiary/aromatic N) is 1. The van der Waals surface area contributed by atoms with Crippen LogP contribution in [0.2, 0.25) is 0 Å². The van der Waals surface area contributed by atoms with Gasteiger partial charge in [0, 0.05) is 6.20 Å². The highest BCUT2D eigenvalue weighted by atomic mass is 16.6. The average Bonchev–Trinajstić information content (AvgIpc) is 2.99. The van der Waals surface area contributed by atoms with Gasteiger partial charge in [0.2, 0.25) is 5.91 Å². The molecule has 0 aliphatic carbocycles. The summed E-state index contributed by atoms with van der Waals surface area (Å²) in [6, 6.07) is 1.57. The molecule has 0 radical (unpaired) electrons. The first-order valence-corrected chi connectivity index (χ1v) is 4.25. The number of rotatable bonds is 4. The number of carbonyl (C=O) groups is 1. The largest absolute Gasteiger partial charge is 0.489 e. The molecule has 1 atom stereocenters. The van der Waals surface area contributed by atoms with Crippen LogP contribution in [-0.4, -0.2) is 30.2 Å². The Kier molecular flexibility index (Phi) is 2.32. The molecule has 2 N–H and O–H groups in total. The monoisotopic (exact) mass is 194 g/mol. The molecular weight excluding hydrogens is 184 g/mol. The van der Waals surface area contributed by atoms with E-state index in [9.17, 15) is 4.79 Å². The normalized spacial score (nSPS) is 19.0. The SMILES string of the molecule is NC(=O)c1cncc(OCC2CO2)c1. The Morgan fingerprint density at radius 3 is 3.14 bits per heavy atom. The number of hydrogen-bond acceptors (Lipinski definition) is 4. The molecule has 0 saturated carbocycles. The Hall–Kier alpha value is -1.62. The van der Waals surface area contributed by atoms with Gasteiger partial charge in [0.15, 0.2) is 0 Å². The lowest BCUT2D eigenvalue weighted by Crippen LogP contribution is -2.12. The predicted molar refractivity (Wildman–Crippen MR) is 48.0 cm³/mol. The van der Waals surface area contributed by atoms with Gasteiger partial charge in [-0.05, 0) is 6.07 Å². The fourth-order valence-electron chi connectivity index (χ4n) is 0.986. The molecule has 1 unspecified atom stereocenters. The molecule has 1 aromatic rings. The van der Waals surface area contributed by atoms with E-state index in [1.807, 2.05) is 0 Å². The zero-order valence-corrected chi connectivity index (χ0v) is 7.47. The Labute approximate surface area is 80.8 Å². The van der Waals surface area contributed by atoms with Crippen molar-refractivity contribution in [2.75, 3.05) is 13.2 Å². The van der Waals surface area contributed by atoms with Crippen LogP contribution in [0.3, 0.4) is 0 Å². The summed E-state index contributed by atoms with van der Waals surface area (Å²) in [7, 11) is 0. The number of pyridine rings is 1.